The predicted octanol–water partition coefficient (Wildman–Crippen LogP) is 0.601. The fourth-order valence-electron chi connectivity index (χ4n) is 3.33. The number of rotatable bonds is 5. The first-order valence-electron chi connectivity index (χ1n) is 8.81. The van der Waals surface area contributed by atoms with Crippen LogP contribution in [0.1, 0.15) is 28.2 Å². The molecule has 2 aliphatic rings. The zero-order valence-corrected chi connectivity index (χ0v) is 14.4. The number of carbonyl (C=O) groups is 2. The van der Waals surface area contributed by atoms with Crippen LogP contribution in [0.4, 0.5) is 5.69 Å². The Balaban J connectivity index is 1.32. The van der Waals surface area contributed by atoms with E-state index < -0.39 is 0 Å². The Labute approximate surface area is 150 Å². The van der Waals surface area contributed by atoms with Crippen LogP contribution in [0.3, 0.4) is 0 Å². The largest absolute Gasteiger partial charge is 0.482 e. The number of anilines is 1. The van der Waals surface area contributed by atoms with Crippen molar-refractivity contribution in [2.75, 3.05) is 31.1 Å². The minimum atomic E-state index is -0.181. The number of carbonyl (C=O) groups excluding carboxylic acids is 2. The Morgan fingerprint density at radius 1 is 1.35 bits per heavy atom. The van der Waals surface area contributed by atoms with Crippen molar-refractivity contribution in [3.63, 3.8) is 0 Å². The molecule has 2 amide bonds. The molecular formula is C18H21N5O3. The first kappa shape index (κ1) is 16.6. The maximum Gasteiger partial charge on any atom is 0.272 e. The Morgan fingerprint density at radius 2 is 2.23 bits per heavy atom. The molecular weight excluding hydrogens is 334 g/mol. The summed E-state index contributed by atoms with van der Waals surface area (Å²) in [6.07, 6.45) is 1.50. The minimum absolute atomic E-state index is 0.0514. The van der Waals surface area contributed by atoms with E-state index in [1.54, 1.807) is 4.90 Å². The van der Waals surface area contributed by atoms with Crippen molar-refractivity contribution < 1.29 is 14.3 Å². The van der Waals surface area contributed by atoms with Crippen LogP contribution in [0.15, 0.2) is 24.3 Å². The van der Waals surface area contributed by atoms with Gasteiger partial charge in [-0.05, 0) is 18.6 Å². The van der Waals surface area contributed by atoms with E-state index in [9.17, 15) is 9.59 Å². The number of H-pyrrole nitrogens is 1. The summed E-state index contributed by atoms with van der Waals surface area (Å²) in [4.78, 5) is 26.2. The Hall–Kier alpha value is -2.87. The van der Waals surface area contributed by atoms with Crippen LogP contribution in [-0.2, 0) is 17.8 Å². The quantitative estimate of drug-likeness (QED) is 0.682. The predicted molar refractivity (Wildman–Crippen MR) is 95.2 cm³/mol. The number of fused-ring (bicyclic) bond motifs is 2. The third kappa shape index (κ3) is 3.15. The van der Waals surface area contributed by atoms with Crippen molar-refractivity contribution in [3.8, 4) is 5.75 Å². The van der Waals surface area contributed by atoms with Gasteiger partial charge in [-0.25, -0.2) is 0 Å². The van der Waals surface area contributed by atoms with Crippen LogP contribution in [-0.4, -0.2) is 48.3 Å². The molecule has 0 radical (unpaired) electrons. The number of nitrogens with zero attached hydrogens (tertiary/aromatic N) is 2. The number of nitrogens with one attached hydrogen (secondary N) is 3. The Morgan fingerprint density at radius 3 is 3.15 bits per heavy atom. The van der Waals surface area contributed by atoms with Crippen molar-refractivity contribution in [1.82, 2.24) is 20.8 Å². The monoisotopic (exact) mass is 355 g/mol. The van der Waals surface area contributed by atoms with Gasteiger partial charge in [-0.1, -0.05) is 12.1 Å². The van der Waals surface area contributed by atoms with E-state index in [2.05, 4.69) is 20.8 Å². The molecule has 4 rings (SSSR count). The molecule has 0 aliphatic carbocycles. The van der Waals surface area contributed by atoms with Gasteiger partial charge in [0.1, 0.15) is 5.75 Å². The molecule has 0 saturated carbocycles. The number of para-hydroxylation sites is 2. The lowest BCUT2D eigenvalue weighted by atomic mass is 10.1. The lowest BCUT2D eigenvalue weighted by Gasteiger charge is -2.29. The smallest absolute Gasteiger partial charge is 0.272 e. The molecule has 0 fully saturated rings. The highest BCUT2D eigenvalue weighted by Crippen LogP contribution is 2.31. The molecule has 8 nitrogen and oxygen atoms in total. The van der Waals surface area contributed by atoms with Gasteiger partial charge in [-0.2, -0.15) is 5.10 Å². The average Bonchev–Trinajstić information content (AvgIpc) is 3.10. The number of benzene rings is 1. The third-order valence-corrected chi connectivity index (χ3v) is 4.67. The van der Waals surface area contributed by atoms with Gasteiger partial charge in [-0.3, -0.25) is 14.7 Å². The molecule has 2 aliphatic heterocycles. The second-order valence-corrected chi connectivity index (χ2v) is 6.37. The summed E-state index contributed by atoms with van der Waals surface area (Å²) in [5, 5.41) is 13.2. The topological polar surface area (TPSA) is 99.3 Å². The fraction of sp³-hybridized carbons (Fsp3) is 0.389. The second-order valence-electron chi connectivity index (χ2n) is 6.37. The van der Waals surface area contributed by atoms with Gasteiger partial charge in [0.15, 0.2) is 12.3 Å². The fourth-order valence-corrected chi connectivity index (χ4v) is 3.33. The van der Waals surface area contributed by atoms with Gasteiger partial charge in [0, 0.05) is 43.9 Å². The summed E-state index contributed by atoms with van der Waals surface area (Å²) in [5.74, 6) is 0.467. The van der Waals surface area contributed by atoms with E-state index in [1.165, 1.54) is 0 Å². The van der Waals surface area contributed by atoms with Gasteiger partial charge in [0.2, 0.25) is 0 Å². The minimum Gasteiger partial charge on any atom is -0.482 e. The molecule has 2 aromatic rings. The molecule has 26 heavy (non-hydrogen) atoms. The normalized spacial score (nSPS) is 15.8. The summed E-state index contributed by atoms with van der Waals surface area (Å²) >= 11 is 0. The number of hydrogen-bond acceptors (Lipinski definition) is 5. The summed E-state index contributed by atoms with van der Waals surface area (Å²) < 4.78 is 5.43. The maximum absolute atomic E-state index is 12.4. The van der Waals surface area contributed by atoms with Crippen LogP contribution >= 0.6 is 0 Å². The van der Waals surface area contributed by atoms with E-state index in [1.807, 2.05) is 24.3 Å². The van der Waals surface area contributed by atoms with Crippen LogP contribution in [0.5, 0.6) is 5.75 Å². The van der Waals surface area contributed by atoms with Crippen molar-refractivity contribution in [2.24, 2.45) is 0 Å². The van der Waals surface area contributed by atoms with Gasteiger partial charge < -0.3 is 20.3 Å². The molecule has 0 bridgehead atoms. The molecule has 1 aromatic heterocycles. The molecule has 0 spiro atoms. The number of hydrogen-bond donors (Lipinski definition) is 3. The van der Waals surface area contributed by atoms with Crippen molar-refractivity contribution >= 4 is 17.5 Å². The van der Waals surface area contributed by atoms with Gasteiger partial charge in [0.25, 0.3) is 11.8 Å². The third-order valence-electron chi connectivity index (χ3n) is 4.67. The summed E-state index contributed by atoms with van der Waals surface area (Å²) in [5.41, 5.74) is 3.22. The highest BCUT2D eigenvalue weighted by Gasteiger charge is 2.25. The highest BCUT2D eigenvalue weighted by molar-refractivity contribution is 5.97. The van der Waals surface area contributed by atoms with Crippen LogP contribution in [0.25, 0.3) is 0 Å². The molecule has 136 valence electrons. The molecule has 3 N–H and O–H groups in total. The van der Waals surface area contributed by atoms with E-state index >= 15 is 0 Å². The SMILES string of the molecule is O=C(NCCCN1C(=O)COc2ccccc21)c1n[nH]c2c1CNCC2. The lowest BCUT2D eigenvalue weighted by molar-refractivity contribution is -0.121. The number of aromatic nitrogens is 2. The van der Waals surface area contributed by atoms with Crippen LogP contribution in [0, 0.1) is 0 Å². The first-order chi connectivity index (χ1) is 12.7. The number of aromatic amines is 1. The average molecular weight is 355 g/mol. The van der Waals surface area contributed by atoms with Gasteiger partial charge in [-0.15, -0.1) is 0 Å². The van der Waals surface area contributed by atoms with Crippen molar-refractivity contribution in [1.29, 1.82) is 0 Å². The highest BCUT2D eigenvalue weighted by atomic mass is 16.5. The number of amides is 2. The van der Waals surface area contributed by atoms with E-state index in [0.29, 0.717) is 37.5 Å². The van der Waals surface area contributed by atoms with Crippen molar-refractivity contribution in [3.05, 3.63) is 41.2 Å². The zero-order valence-electron chi connectivity index (χ0n) is 14.4. The summed E-state index contributed by atoms with van der Waals surface area (Å²) in [7, 11) is 0. The Bertz CT molecular complexity index is 832. The molecule has 0 unspecified atom stereocenters. The zero-order chi connectivity index (χ0) is 17.9. The lowest BCUT2D eigenvalue weighted by Crippen LogP contribution is -2.40. The molecule has 0 atom stereocenters. The Kier molecular flexibility index (Phi) is 4.57. The number of ether oxygens (including phenoxy) is 1. The maximum atomic E-state index is 12.4. The van der Waals surface area contributed by atoms with E-state index in [4.69, 9.17) is 4.74 Å². The second kappa shape index (κ2) is 7.17. The van der Waals surface area contributed by atoms with E-state index in [0.717, 1.165) is 29.9 Å². The summed E-state index contributed by atoms with van der Waals surface area (Å²) in [6, 6.07) is 7.48. The molecule has 8 heteroatoms. The first-order valence-corrected chi connectivity index (χ1v) is 8.81. The molecule has 3 heterocycles. The van der Waals surface area contributed by atoms with E-state index in [-0.39, 0.29) is 18.4 Å². The van der Waals surface area contributed by atoms with Crippen LogP contribution in [0.2, 0.25) is 0 Å². The van der Waals surface area contributed by atoms with Gasteiger partial charge in [0.05, 0.1) is 5.69 Å². The molecule has 1 aromatic carbocycles. The summed E-state index contributed by atoms with van der Waals surface area (Å²) in [6.45, 7) is 2.61. The molecule has 0 saturated heterocycles. The standard InChI is InChI=1S/C18H21N5O3/c24-16-11-26-15-5-2-1-4-14(15)23(16)9-3-7-20-18(25)17-12-10-19-8-6-13(12)21-22-17/h1-2,4-5,19H,3,6-11H2,(H,20,25)(H,21,22). The van der Waals surface area contributed by atoms with Crippen molar-refractivity contribution in [2.45, 2.75) is 19.4 Å². The van der Waals surface area contributed by atoms with Gasteiger partial charge >= 0.3 is 0 Å². The van der Waals surface area contributed by atoms with Crippen LogP contribution < -0.4 is 20.3 Å².